The average Bonchev–Trinajstić information content (AvgIpc) is 3.32. The maximum atomic E-state index is 14.9. The van der Waals surface area contributed by atoms with Crippen LogP contribution in [0.2, 0.25) is 10.3 Å². The fourth-order valence-corrected chi connectivity index (χ4v) is 4.23. The van der Waals surface area contributed by atoms with E-state index in [1.807, 2.05) is 30.3 Å². The highest BCUT2D eigenvalue weighted by Crippen LogP contribution is 2.50. The van der Waals surface area contributed by atoms with Crippen LogP contribution in [0.3, 0.4) is 0 Å². The summed E-state index contributed by atoms with van der Waals surface area (Å²) in [5.74, 6) is 0.359. The van der Waals surface area contributed by atoms with Crippen LogP contribution in [0, 0.1) is 5.82 Å². The summed E-state index contributed by atoms with van der Waals surface area (Å²) in [6, 6.07) is 13.2. The van der Waals surface area contributed by atoms with Crippen LogP contribution in [0.15, 0.2) is 66.0 Å². The van der Waals surface area contributed by atoms with Crippen LogP contribution in [-0.2, 0) is 0 Å². The van der Waals surface area contributed by atoms with Crippen LogP contribution in [0.1, 0.15) is 11.9 Å². The van der Waals surface area contributed by atoms with Gasteiger partial charge in [0.05, 0.1) is 47.1 Å². The molecule has 14 heteroatoms. The number of hydrogen-bond donors (Lipinski definition) is 2. The third-order valence-electron chi connectivity index (χ3n) is 7.30. The Bertz CT molecular complexity index is 1640. The topological polar surface area (TPSA) is 101 Å². The van der Waals surface area contributed by atoms with Crippen molar-refractivity contribution in [3.63, 3.8) is 0 Å². The molecule has 3 aromatic heterocycles. The van der Waals surface area contributed by atoms with E-state index in [1.54, 1.807) is 18.5 Å². The zero-order valence-corrected chi connectivity index (χ0v) is 20.9. The van der Waals surface area contributed by atoms with Crippen molar-refractivity contribution in [3.8, 4) is 5.69 Å². The Labute approximate surface area is 211 Å². The Balaban J connectivity index is 1.85. The summed E-state index contributed by atoms with van der Waals surface area (Å²) in [6.45, 7) is 0. The maximum Gasteiger partial charge on any atom is 0.269 e. The molecule has 0 amide bonds. The quantitative estimate of drug-likeness (QED) is 0.297. The van der Waals surface area contributed by atoms with Crippen molar-refractivity contribution in [2.75, 3.05) is 5.32 Å². The van der Waals surface area contributed by atoms with Gasteiger partial charge < -0.3 is 10.3 Å². The molecule has 0 aliphatic heterocycles. The number of imidazole rings is 1. The van der Waals surface area contributed by atoms with Gasteiger partial charge in [-0.15, -0.1) is 5.11 Å². The lowest BCUT2D eigenvalue weighted by Crippen LogP contribution is -2.43. The Hall–Kier alpha value is -3.82. The van der Waals surface area contributed by atoms with Gasteiger partial charge >= 0.3 is 0 Å². The van der Waals surface area contributed by atoms with E-state index in [4.69, 9.17) is 4.98 Å². The number of anilines is 1. The summed E-state index contributed by atoms with van der Waals surface area (Å²) in [7, 11) is 10.6. The average molecular weight is 475 g/mol. The molecule has 36 heavy (non-hydrogen) atoms. The first-order valence-electron chi connectivity index (χ1n) is 11.8. The summed E-state index contributed by atoms with van der Waals surface area (Å²) >= 11 is 0. The molecule has 0 unspecified atom stereocenters. The lowest BCUT2D eigenvalue weighted by atomic mass is 9.21. The van der Waals surface area contributed by atoms with Crippen LogP contribution in [0.5, 0.6) is 0 Å². The first kappa shape index (κ1) is 23.9. The first-order valence-corrected chi connectivity index (χ1v) is 11.8. The zero-order valence-electron chi connectivity index (χ0n) is 20.9. The van der Waals surface area contributed by atoms with Crippen LogP contribution < -0.4 is 10.9 Å². The fourth-order valence-electron chi connectivity index (χ4n) is 4.23. The van der Waals surface area contributed by atoms with E-state index in [0.29, 0.717) is 34.0 Å². The lowest BCUT2D eigenvalue weighted by Gasteiger charge is -2.46. The van der Waals surface area contributed by atoms with Gasteiger partial charge in [0.2, 0.25) is 0 Å². The van der Waals surface area contributed by atoms with Crippen molar-refractivity contribution in [3.05, 3.63) is 83.2 Å². The number of hydrogen-bond acceptors (Lipinski definition) is 6. The van der Waals surface area contributed by atoms with Gasteiger partial charge in [-0.25, -0.2) is 24.3 Å². The molecule has 1 atom stereocenters. The number of rotatable bonds is 6. The second kappa shape index (κ2) is 8.69. The minimum absolute atomic E-state index is 0.0471. The summed E-state index contributed by atoms with van der Waals surface area (Å²) in [5.41, 5.74) is 1.59. The smallest absolute Gasteiger partial charge is 0.269 e. The summed E-state index contributed by atoms with van der Waals surface area (Å²) in [4.78, 5) is 34.9. The number of nitrogens with one attached hydrogen (secondary N) is 2. The molecule has 2 N–H and O–H groups in total. The molecular formula is C22H23B5FN7O. The van der Waals surface area contributed by atoms with E-state index in [-0.39, 0.29) is 10.5 Å². The van der Waals surface area contributed by atoms with Crippen molar-refractivity contribution in [2.24, 2.45) is 0 Å². The van der Waals surface area contributed by atoms with Gasteiger partial charge in [0, 0.05) is 0 Å². The molecule has 2 aromatic carbocycles. The molecule has 8 nitrogen and oxygen atoms in total. The molecule has 0 aliphatic carbocycles. The van der Waals surface area contributed by atoms with Gasteiger partial charge in [0.25, 0.3) is 5.56 Å². The molecule has 0 bridgehead atoms. The van der Waals surface area contributed by atoms with Gasteiger partial charge in [-0.1, -0.05) is 29.5 Å². The summed E-state index contributed by atoms with van der Waals surface area (Å²) in [6.07, 6.45) is 3.02. The molecule has 5 aromatic rings. The largest absolute Gasteiger partial charge is 0.359 e. The zero-order chi connectivity index (χ0) is 25.7. The van der Waals surface area contributed by atoms with Crippen molar-refractivity contribution in [2.45, 2.75) is 16.4 Å². The van der Waals surface area contributed by atoms with Gasteiger partial charge in [0.1, 0.15) is 44.6 Å². The van der Waals surface area contributed by atoms with Gasteiger partial charge in [-0.05, 0) is 24.3 Å². The number of para-hydroxylation sites is 1. The Kier molecular flexibility index (Phi) is 5.77. The monoisotopic (exact) mass is 475 g/mol. The van der Waals surface area contributed by atoms with Crippen LogP contribution in [0.4, 0.5) is 10.2 Å². The minimum Gasteiger partial charge on any atom is -0.359 e. The molecule has 0 saturated carbocycles. The molecule has 0 fully saturated rings. The number of benzene rings is 2. The van der Waals surface area contributed by atoms with Gasteiger partial charge in [-0.2, -0.15) is 0 Å². The first-order chi connectivity index (χ1) is 17.1. The lowest BCUT2D eigenvalue weighted by molar-refractivity contribution is 0.582. The number of H-pyrrole nitrogens is 1. The molecule has 0 saturated heterocycles. The second-order valence-corrected chi connectivity index (χ2v) is 10.5. The predicted molar refractivity (Wildman–Crippen MR) is 153 cm³/mol. The SMILES string of the molecule is BC(B)(B)C(B)(B)[C@H](Nc1ncnc2[nH]cnc12)c1nc2cccc(F)c2c(=O)n1-c1ccccc1. The number of nitrogens with zero attached hydrogens (tertiary/aromatic N) is 5. The van der Waals surface area contributed by atoms with Gasteiger partial charge in [0.15, 0.2) is 11.5 Å². The Morgan fingerprint density at radius 3 is 2.44 bits per heavy atom. The third-order valence-corrected chi connectivity index (χ3v) is 7.30. The molecule has 0 radical (unpaired) electrons. The highest BCUT2D eigenvalue weighted by atomic mass is 19.1. The second-order valence-electron chi connectivity index (χ2n) is 10.5. The van der Waals surface area contributed by atoms with E-state index in [1.165, 1.54) is 17.0 Å². The van der Waals surface area contributed by atoms with E-state index in [2.05, 4.69) is 64.5 Å². The predicted octanol–water partition coefficient (Wildman–Crippen LogP) is -1.30. The highest BCUT2D eigenvalue weighted by Gasteiger charge is 2.43. The Morgan fingerprint density at radius 2 is 1.72 bits per heavy atom. The van der Waals surface area contributed by atoms with Crippen LogP contribution >= 0.6 is 0 Å². The van der Waals surface area contributed by atoms with E-state index >= 15 is 0 Å². The number of halogens is 1. The molecule has 3 heterocycles. The molecule has 174 valence electrons. The van der Waals surface area contributed by atoms with Crippen LogP contribution in [0.25, 0.3) is 27.8 Å². The van der Waals surface area contributed by atoms with Gasteiger partial charge in [-0.3, -0.25) is 9.36 Å². The number of fused-ring (bicyclic) bond motifs is 2. The molecule has 0 spiro atoms. The number of aromatic nitrogens is 6. The third kappa shape index (κ3) is 3.90. The van der Waals surface area contributed by atoms with E-state index < -0.39 is 22.6 Å². The summed E-state index contributed by atoms with van der Waals surface area (Å²) < 4.78 is 16.4. The normalized spacial score (nSPS) is 13.1. The summed E-state index contributed by atoms with van der Waals surface area (Å²) in [5, 5.41) is 2.78. The van der Waals surface area contributed by atoms with Crippen molar-refractivity contribution >= 4 is 67.1 Å². The molecular weight excluding hydrogens is 451 g/mol. The van der Waals surface area contributed by atoms with Crippen LogP contribution in [-0.4, -0.2) is 68.7 Å². The van der Waals surface area contributed by atoms with E-state index in [9.17, 15) is 9.18 Å². The minimum atomic E-state index is -0.602. The van der Waals surface area contributed by atoms with Crippen molar-refractivity contribution in [1.82, 2.24) is 29.5 Å². The van der Waals surface area contributed by atoms with Crippen molar-refractivity contribution < 1.29 is 4.39 Å². The molecule has 0 aliphatic rings. The Morgan fingerprint density at radius 1 is 0.972 bits per heavy atom. The maximum absolute atomic E-state index is 14.9. The van der Waals surface area contributed by atoms with Crippen molar-refractivity contribution in [1.29, 1.82) is 0 Å². The molecule has 5 rings (SSSR count). The highest BCUT2D eigenvalue weighted by molar-refractivity contribution is 6.67. The fraction of sp³-hybridized carbons (Fsp3) is 0.136. The standard InChI is InChI=1S/C22H23B5FN7O/c23-21(24,22(25,26)27)16(34-18-15-17(30-9-29-15)31-10-32-18)19-33-13-8-4-7-12(28)14(13)20(36)35(19)11-5-2-1-3-6-11/h1-10,16H,23-27H2,(H2,29,30,31,32,34)/t16-/m1/s1. The number of aromatic amines is 1. The van der Waals surface area contributed by atoms with E-state index in [0.717, 1.165) is 0 Å².